The average molecular weight is 589 g/mol. The summed E-state index contributed by atoms with van der Waals surface area (Å²) in [4.78, 5) is 52.9. The minimum Gasteiger partial charge on any atom is -0.478 e. The molecule has 3 aromatic carbocycles. The van der Waals surface area contributed by atoms with Crippen LogP contribution in [0.3, 0.4) is 0 Å². The van der Waals surface area contributed by atoms with Gasteiger partial charge < -0.3 is 15.1 Å². The third kappa shape index (κ3) is 4.83. The van der Waals surface area contributed by atoms with Gasteiger partial charge in [-0.15, -0.1) is 5.73 Å². The average Bonchev–Trinajstić information content (AvgIpc) is 3.59. The zero-order chi connectivity index (χ0) is 31.1. The number of carboxylic acid groups (broad SMARTS) is 2. The summed E-state index contributed by atoms with van der Waals surface area (Å²) in [6, 6.07) is 17.8. The van der Waals surface area contributed by atoms with E-state index in [1.54, 1.807) is 19.1 Å². The van der Waals surface area contributed by atoms with Gasteiger partial charge in [-0.05, 0) is 110 Å². The first-order valence-electron chi connectivity index (χ1n) is 14.1. The lowest BCUT2D eigenvalue weighted by atomic mass is 10.1. The molecule has 0 radical (unpaired) electrons. The van der Waals surface area contributed by atoms with Gasteiger partial charge in [-0.1, -0.05) is 6.07 Å². The Morgan fingerprint density at radius 2 is 1.52 bits per heavy atom. The predicted molar refractivity (Wildman–Crippen MR) is 169 cm³/mol. The van der Waals surface area contributed by atoms with Crippen molar-refractivity contribution < 1.29 is 19.8 Å². The molecular formula is C34H28N4O6. The van der Waals surface area contributed by atoms with Gasteiger partial charge in [-0.2, -0.15) is 0 Å². The maximum atomic E-state index is 14.0. The number of hydrogen-bond acceptors (Lipinski definition) is 5. The molecule has 0 unspecified atom stereocenters. The monoisotopic (exact) mass is 588 g/mol. The number of H-pyrrole nitrogens is 1. The molecule has 0 bridgehead atoms. The zero-order valence-corrected chi connectivity index (χ0v) is 24.0. The highest BCUT2D eigenvalue weighted by Gasteiger charge is 2.21. The number of anilines is 1. The molecule has 0 spiro atoms. The topological polar surface area (TPSA) is 138 Å². The number of pyridine rings is 1. The Bertz CT molecular complexity index is 2140. The molecule has 0 aliphatic carbocycles. The maximum Gasteiger partial charge on any atom is 0.335 e. The van der Waals surface area contributed by atoms with E-state index in [1.807, 2.05) is 6.07 Å². The largest absolute Gasteiger partial charge is 0.478 e. The van der Waals surface area contributed by atoms with Gasteiger partial charge in [0.2, 0.25) is 0 Å². The summed E-state index contributed by atoms with van der Waals surface area (Å²) < 4.78 is 2.58. The molecule has 0 fully saturated rings. The van der Waals surface area contributed by atoms with Crippen molar-refractivity contribution in [1.82, 2.24) is 14.3 Å². The van der Waals surface area contributed by atoms with Crippen LogP contribution in [0.1, 0.15) is 49.9 Å². The van der Waals surface area contributed by atoms with Crippen LogP contribution in [-0.2, 0) is 6.42 Å². The van der Waals surface area contributed by atoms with Crippen molar-refractivity contribution >= 4 is 40.8 Å². The molecule has 220 valence electrons. The van der Waals surface area contributed by atoms with Gasteiger partial charge in [0.05, 0.1) is 33.5 Å². The fourth-order valence-electron chi connectivity index (χ4n) is 5.68. The summed E-state index contributed by atoms with van der Waals surface area (Å²) in [6.07, 6.45) is 4.32. The number of nitrogens with one attached hydrogen (secondary N) is 1. The van der Waals surface area contributed by atoms with Crippen LogP contribution in [0.4, 0.5) is 5.69 Å². The third-order valence-corrected chi connectivity index (χ3v) is 8.01. The molecular weight excluding hydrogens is 560 g/mol. The fraction of sp³-hybridized carbons (Fsp3) is 0.147. The van der Waals surface area contributed by atoms with Crippen LogP contribution < -0.4 is 16.0 Å². The number of rotatable bonds is 7. The lowest BCUT2D eigenvalue weighted by Gasteiger charge is -2.16. The lowest BCUT2D eigenvalue weighted by molar-refractivity contribution is 0.0686. The maximum absolute atomic E-state index is 14.0. The van der Waals surface area contributed by atoms with Gasteiger partial charge in [0.25, 0.3) is 11.1 Å². The van der Waals surface area contributed by atoms with Crippen molar-refractivity contribution in [3.8, 4) is 11.4 Å². The summed E-state index contributed by atoms with van der Waals surface area (Å²) in [5.74, 6) is -2.20. The van der Waals surface area contributed by atoms with Crippen LogP contribution in [-0.4, -0.2) is 49.6 Å². The highest BCUT2D eigenvalue weighted by Crippen LogP contribution is 2.29. The quantitative estimate of drug-likeness (QED) is 0.230. The van der Waals surface area contributed by atoms with Crippen molar-refractivity contribution in [2.75, 3.05) is 18.0 Å². The van der Waals surface area contributed by atoms with Gasteiger partial charge in [-0.25, -0.2) is 14.3 Å². The van der Waals surface area contributed by atoms with Crippen LogP contribution in [0.2, 0.25) is 0 Å². The van der Waals surface area contributed by atoms with E-state index in [2.05, 4.69) is 34.8 Å². The molecule has 1 aliphatic rings. The van der Waals surface area contributed by atoms with Crippen molar-refractivity contribution in [3.63, 3.8) is 0 Å². The SMILES string of the molecule is CCN1CCc2cc(C=C=Cc3c(C)c4c(=O)n(-c5ccc(C(=O)O)cc5)[nH]c4n(-c4ccc(C(=O)O)cc4)c3=O)ccc21. The molecule has 2 aromatic heterocycles. The van der Waals surface area contributed by atoms with E-state index >= 15 is 0 Å². The Balaban J connectivity index is 1.53. The molecule has 10 heteroatoms. The summed E-state index contributed by atoms with van der Waals surface area (Å²) >= 11 is 0. The number of fused-ring (bicyclic) bond motifs is 2. The third-order valence-electron chi connectivity index (χ3n) is 8.01. The number of aromatic carboxylic acids is 2. The lowest BCUT2D eigenvalue weighted by Crippen LogP contribution is -2.23. The van der Waals surface area contributed by atoms with E-state index in [1.165, 1.54) is 69.0 Å². The highest BCUT2D eigenvalue weighted by atomic mass is 16.4. The Morgan fingerprint density at radius 1 is 0.886 bits per heavy atom. The van der Waals surface area contributed by atoms with Crippen molar-refractivity contribution in [2.24, 2.45) is 0 Å². The number of likely N-dealkylation sites (N-methyl/N-ethyl adjacent to an activating group) is 1. The van der Waals surface area contributed by atoms with Gasteiger partial charge in [-0.3, -0.25) is 19.3 Å². The standard InChI is InChI=1S/C34H28N4O6/c1-3-36-18-17-24-19-21(7-16-28(24)36)5-4-6-27-20(2)29-30(37(31(27)39)25-12-8-22(9-13-25)33(41)42)35-38(32(29)40)26-14-10-23(11-15-26)34(43)44/h5-16,19,35H,3,17-18H2,1-2H3,(H,41,42)(H,43,44). The van der Waals surface area contributed by atoms with Gasteiger partial charge >= 0.3 is 11.9 Å². The van der Waals surface area contributed by atoms with Crippen LogP contribution in [0, 0.1) is 6.92 Å². The summed E-state index contributed by atoms with van der Waals surface area (Å²) in [7, 11) is 0. The Morgan fingerprint density at radius 3 is 2.14 bits per heavy atom. The van der Waals surface area contributed by atoms with Crippen molar-refractivity contribution in [3.05, 3.63) is 127 Å². The first kappa shape index (κ1) is 28.3. The number of aryl methyl sites for hydroxylation is 1. The molecule has 3 N–H and O–H groups in total. The zero-order valence-electron chi connectivity index (χ0n) is 24.0. The van der Waals surface area contributed by atoms with Gasteiger partial charge in [0.15, 0.2) is 0 Å². The highest BCUT2D eigenvalue weighted by molar-refractivity contribution is 5.89. The molecule has 0 saturated heterocycles. The van der Waals surface area contributed by atoms with E-state index in [0.29, 0.717) is 16.9 Å². The van der Waals surface area contributed by atoms with Crippen LogP contribution in [0.25, 0.3) is 34.6 Å². The number of aromatic amines is 1. The second kappa shape index (κ2) is 11.1. The van der Waals surface area contributed by atoms with E-state index in [4.69, 9.17) is 0 Å². The minimum atomic E-state index is -1.11. The number of nitrogens with zero attached hydrogens (tertiary/aromatic N) is 3. The normalized spacial score (nSPS) is 12.2. The Kier molecular flexibility index (Phi) is 7.12. The smallest absolute Gasteiger partial charge is 0.335 e. The molecule has 0 saturated carbocycles. The van der Waals surface area contributed by atoms with Crippen LogP contribution in [0.5, 0.6) is 0 Å². The number of carbonyl (C=O) groups is 2. The van der Waals surface area contributed by atoms with E-state index in [-0.39, 0.29) is 27.7 Å². The fourth-order valence-corrected chi connectivity index (χ4v) is 5.68. The first-order valence-corrected chi connectivity index (χ1v) is 14.1. The second-order valence-corrected chi connectivity index (χ2v) is 10.5. The van der Waals surface area contributed by atoms with Crippen molar-refractivity contribution in [2.45, 2.75) is 20.3 Å². The molecule has 0 atom stereocenters. The molecule has 0 amide bonds. The first-order chi connectivity index (χ1) is 21.2. The summed E-state index contributed by atoms with van der Waals surface area (Å²) in [5, 5.41) is 21.9. The molecule has 3 heterocycles. The number of benzene rings is 3. The molecule has 44 heavy (non-hydrogen) atoms. The van der Waals surface area contributed by atoms with E-state index < -0.39 is 23.1 Å². The number of hydrogen-bond donors (Lipinski definition) is 3. The Hall–Kier alpha value is -5.86. The van der Waals surface area contributed by atoms with E-state index in [0.717, 1.165) is 25.1 Å². The molecule has 10 nitrogen and oxygen atoms in total. The second-order valence-electron chi connectivity index (χ2n) is 10.5. The summed E-state index contributed by atoms with van der Waals surface area (Å²) in [6.45, 7) is 5.76. The molecule has 5 aromatic rings. The number of aromatic nitrogens is 3. The van der Waals surface area contributed by atoms with Gasteiger partial charge in [0, 0.05) is 18.8 Å². The van der Waals surface area contributed by atoms with Gasteiger partial charge in [0.1, 0.15) is 5.65 Å². The van der Waals surface area contributed by atoms with Crippen molar-refractivity contribution in [1.29, 1.82) is 0 Å². The Labute approximate surface area is 251 Å². The summed E-state index contributed by atoms with van der Waals surface area (Å²) in [5.41, 5.74) is 7.45. The molecule has 1 aliphatic heterocycles. The minimum absolute atomic E-state index is 0.0502. The predicted octanol–water partition coefficient (Wildman–Crippen LogP) is 4.88. The van der Waals surface area contributed by atoms with Crippen LogP contribution >= 0.6 is 0 Å². The molecule has 6 rings (SSSR count). The van der Waals surface area contributed by atoms with E-state index in [9.17, 15) is 29.4 Å². The van der Waals surface area contributed by atoms with Crippen LogP contribution in [0.15, 0.2) is 82.1 Å². The number of carboxylic acids is 2.